The van der Waals surface area contributed by atoms with Crippen LogP contribution in [0.3, 0.4) is 0 Å². The number of hydrogen-bond acceptors (Lipinski definition) is 4. The number of hydrogen-bond donors (Lipinski definition) is 1. The monoisotopic (exact) mass is 277 g/mol. The number of aromatic nitrogens is 2. The first-order chi connectivity index (χ1) is 9.19. The first kappa shape index (κ1) is 13.6. The molecular formula is C14H16ClN3O. The Morgan fingerprint density at radius 1 is 1.26 bits per heavy atom. The first-order valence-corrected chi connectivity index (χ1v) is 6.50. The van der Waals surface area contributed by atoms with E-state index in [4.69, 9.17) is 16.3 Å². The van der Waals surface area contributed by atoms with Crippen molar-refractivity contribution in [1.82, 2.24) is 9.97 Å². The van der Waals surface area contributed by atoms with Crippen molar-refractivity contribution in [2.24, 2.45) is 0 Å². The molecule has 0 bridgehead atoms. The van der Waals surface area contributed by atoms with Crippen LogP contribution in [0.4, 0.5) is 5.82 Å². The number of benzene rings is 1. The van der Waals surface area contributed by atoms with Crippen molar-refractivity contribution >= 4 is 17.4 Å². The van der Waals surface area contributed by atoms with E-state index in [0.717, 1.165) is 29.4 Å². The molecule has 2 aromatic rings. The molecule has 0 aliphatic heterocycles. The zero-order valence-corrected chi connectivity index (χ0v) is 11.7. The van der Waals surface area contributed by atoms with E-state index in [0.29, 0.717) is 11.6 Å². The predicted molar refractivity (Wildman–Crippen MR) is 76.7 cm³/mol. The van der Waals surface area contributed by atoms with Gasteiger partial charge in [-0.1, -0.05) is 17.7 Å². The Balaban J connectivity index is 2.00. The zero-order valence-electron chi connectivity index (χ0n) is 11.0. The number of rotatable bonds is 5. The first-order valence-electron chi connectivity index (χ1n) is 6.12. The fraction of sp³-hybridized carbons (Fsp3) is 0.286. The van der Waals surface area contributed by atoms with Crippen LogP contribution in [0.1, 0.15) is 18.2 Å². The molecule has 0 saturated carbocycles. The quantitative estimate of drug-likeness (QED) is 0.909. The molecule has 5 heteroatoms. The van der Waals surface area contributed by atoms with Crippen LogP contribution >= 0.6 is 11.6 Å². The molecule has 0 aliphatic carbocycles. The maximum Gasteiger partial charge on any atom is 0.144 e. The van der Waals surface area contributed by atoms with Crippen LogP contribution in [0.15, 0.2) is 30.6 Å². The van der Waals surface area contributed by atoms with Crippen LogP contribution in [0.2, 0.25) is 5.02 Å². The van der Waals surface area contributed by atoms with E-state index >= 15 is 0 Å². The Morgan fingerprint density at radius 2 is 2.11 bits per heavy atom. The Bertz CT molecular complexity index is 543. The molecule has 1 aromatic carbocycles. The third-order valence-electron chi connectivity index (χ3n) is 2.59. The van der Waals surface area contributed by atoms with Crippen LogP contribution in [-0.4, -0.2) is 16.5 Å². The lowest BCUT2D eigenvalue weighted by Gasteiger charge is -2.09. The molecule has 0 fully saturated rings. The van der Waals surface area contributed by atoms with Gasteiger partial charge in [0.05, 0.1) is 18.1 Å². The van der Waals surface area contributed by atoms with Crippen LogP contribution in [-0.2, 0) is 6.61 Å². The van der Waals surface area contributed by atoms with Crippen LogP contribution < -0.4 is 10.1 Å². The van der Waals surface area contributed by atoms with Crippen molar-refractivity contribution in [3.8, 4) is 5.75 Å². The average molecular weight is 278 g/mol. The predicted octanol–water partition coefficient (Wildman–Crippen LogP) is 3.45. The molecule has 0 atom stereocenters. The lowest BCUT2D eigenvalue weighted by Crippen LogP contribution is -2.03. The molecular weight excluding hydrogens is 262 g/mol. The summed E-state index contributed by atoms with van der Waals surface area (Å²) in [6.07, 6.45) is 3.41. The summed E-state index contributed by atoms with van der Waals surface area (Å²) in [4.78, 5) is 8.52. The van der Waals surface area contributed by atoms with Gasteiger partial charge in [0, 0.05) is 11.6 Å². The average Bonchev–Trinajstić information content (AvgIpc) is 2.42. The molecule has 1 heterocycles. The third-order valence-corrected chi connectivity index (χ3v) is 2.82. The summed E-state index contributed by atoms with van der Waals surface area (Å²) in [6, 6.07) is 5.57. The van der Waals surface area contributed by atoms with Crippen molar-refractivity contribution in [1.29, 1.82) is 0 Å². The fourth-order valence-corrected chi connectivity index (χ4v) is 1.74. The number of nitrogens with zero attached hydrogens (tertiary/aromatic N) is 2. The number of anilines is 1. The van der Waals surface area contributed by atoms with E-state index in [1.54, 1.807) is 18.5 Å². The van der Waals surface area contributed by atoms with Gasteiger partial charge in [-0.15, -0.1) is 0 Å². The number of nitrogens with one attached hydrogen (secondary N) is 1. The SMILES string of the molecule is CCNc1cnc(COc2cc(Cl)ccc2C)cn1. The summed E-state index contributed by atoms with van der Waals surface area (Å²) in [5.41, 5.74) is 1.82. The van der Waals surface area contributed by atoms with Crippen molar-refractivity contribution in [2.75, 3.05) is 11.9 Å². The highest BCUT2D eigenvalue weighted by atomic mass is 35.5. The smallest absolute Gasteiger partial charge is 0.144 e. The summed E-state index contributed by atoms with van der Waals surface area (Å²) in [5, 5.41) is 3.75. The second kappa shape index (κ2) is 6.38. The Kier molecular flexibility index (Phi) is 4.58. The minimum absolute atomic E-state index is 0.376. The zero-order chi connectivity index (χ0) is 13.7. The van der Waals surface area contributed by atoms with Gasteiger partial charge in [0.1, 0.15) is 18.2 Å². The Hall–Kier alpha value is -1.81. The molecule has 0 unspecified atom stereocenters. The number of ether oxygens (including phenoxy) is 1. The molecule has 0 radical (unpaired) electrons. The lowest BCUT2D eigenvalue weighted by molar-refractivity contribution is 0.299. The molecule has 4 nitrogen and oxygen atoms in total. The van der Waals surface area contributed by atoms with E-state index in [9.17, 15) is 0 Å². The maximum atomic E-state index is 5.94. The van der Waals surface area contributed by atoms with E-state index in [1.807, 2.05) is 26.0 Å². The van der Waals surface area contributed by atoms with Gasteiger partial charge < -0.3 is 10.1 Å². The summed E-state index contributed by atoms with van der Waals surface area (Å²) in [5.74, 6) is 1.54. The van der Waals surface area contributed by atoms with Gasteiger partial charge in [-0.2, -0.15) is 0 Å². The molecule has 1 N–H and O–H groups in total. The summed E-state index contributed by atoms with van der Waals surface area (Å²) in [6.45, 7) is 5.19. The Labute approximate surface area is 117 Å². The van der Waals surface area contributed by atoms with Gasteiger partial charge in [-0.25, -0.2) is 4.98 Å². The largest absolute Gasteiger partial charge is 0.487 e. The third kappa shape index (κ3) is 3.83. The van der Waals surface area contributed by atoms with Crippen LogP contribution in [0.5, 0.6) is 5.75 Å². The molecule has 100 valence electrons. The highest BCUT2D eigenvalue weighted by Gasteiger charge is 2.03. The van der Waals surface area contributed by atoms with Gasteiger partial charge in [0.15, 0.2) is 0 Å². The van der Waals surface area contributed by atoms with Crippen molar-refractivity contribution < 1.29 is 4.74 Å². The number of aryl methyl sites for hydroxylation is 1. The molecule has 0 aliphatic rings. The van der Waals surface area contributed by atoms with Crippen LogP contribution in [0, 0.1) is 6.92 Å². The molecule has 0 amide bonds. The second-order valence-electron chi connectivity index (χ2n) is 4.12. The summed E-state index contributed by atoms with van der Waals surface area (Å²) < 4.78 is 5.70. The lowest BCUT2D eigenvalue weighted by atomic mass is 10.2. The van der Waals surface area contributed by atoms with E-state index in [-0.39, 0.29) is 0 Å². The van der Waals surface area contributed by atoms with E-state index in [1.165, 1.54) is 0 Å². The van der Waals surface area contributed by atoms with Crippen molar-refractivity contribution in [3.63, 3.8) is 0 Å². The molecule has 0 spiro atoms. The van der Waals surface area contributed by atoms with E-state index in [2.05, 4.69) is 15.3 Å². The van der Waals surface area contributed by atoms with Gasteiger partial charge in [-0.05, 0) is 31.5 Å². The van der Waals surface area contributed by atoms with Gasteiger partial charge in [0.2, 0.25) is 0 Å². The normalized spacial score (nSPS) is 10.3. The van der Waals surface area contributed by atoms with Gasteiger partial charge in [0.25, 0.3) is 0 Å². The highest BCUT2D eigenvalue weighted by Crippen LogP contribution is 2.23. The minimum atomic E-state index is 0.376. The van der Waals surface area contributed by atoms with E-state index < -0.39 is 0 Å². The summed E-state index contributed by atoms with van der Waals surface area (Å²) >= 11 is 5.94. The molecule has 19 heavy (non-hydrogen) atoms. The maximum absolute atomic E-state index is 5.94. The van der Waals surface area contributed by atoms with Gasteiger partial charge >= 0.3 is 0 Å². The van der Waals surface area contributed by atoms with Crippen molar-refractivity contribution in [2.45, 2.75) is 20.5 Å². The second-order valence-corrected chi connectivity index (χ2v) is 4.56. The highest BCUT2D eigenvalue weighted by molar-refractivity contribution is 6.30. The molecule has 2 rings (SSSR count). The standard InChI is InChI=1S/C14H16ClN3O/c1-3-16-14-8-17-12(7-18-14)9-19-13-6-11(15)5-4-10(13)2/h4-8H,3,9H2,1-2H3,(H,16,18). The Morgan fingerprint density at radius 3 is 2.79 bits per heavy atom. The van der Waals surface area contributed by atoms with Crippen LogP contribution in [0.25, 0.3) is 0 Å². The fourth-order valence-electron chi connectivity index (χ4n) is 1.58. The molecule has 0 saturated heterocycles. The van der Waals surface area contributed by atoms with Crippen molar-refractivity contribution in [3.05, 3.63) is 46.9 Å². The topological polar surface area (TPSA) is 47.0 Å². The number of halogens is 1. The summed E-state index contributed by atoms with van der Waals surface area (Å²) in [7, 11) is 0. The molecule has 1 aromatic heterocycles. The van der Waals surface area contributed by atoms with Gasteiger partial charge in [-0.3, -0.25) is 4.98 Å². The minimum Gasteiger partial charge on any atom is -0.487 e.